The molecule has 1 aliphatic heterocycles. The van der Waals surface area contributed by atoms with Gasteiger partial charge < -0.3 is 15.5 Å². The Labute approximate surface area is 189 Å². The Bertz CT molecular complexity index is 1310. The first kappa shape index (κ1) is 19.6. The molecule has 0 bridgehead atoms. The minimum Gasteiger partial charge on any atom is -0.327 e. The van der Waals surface area contributed by atoms with Gasteiger partial charge in [-0.15, -0.1) is 5.10 Å². The number of anilines is 4. The Hall–Kier alpha value is -4.02. The molecular formula is C22H24N10O. The molecule has 1 saturated carbocycles. The van der Waals surface area contributed by atoms with Gasteiger partial charge in [0.1, 0.15) is 11.6 Å². The molecule has 1 aliphatic carbocycles. The van der Waals surface area contributed by atoms with E-state index in [0.29, 0.717) is 36.4 Å². The van der Waals surface area contributed by atoms with Crippen LogP contribution in [0, 0.1) is 0 Å². The van der Waals surface area contributed by atoms with Crippen molar-refractivity contribution in [3.8, 4) is 0 Å². The van der Waals surface area contributed by atoms with Crippen LogP contribution in [0.15, 0.2) is 43.0 Å². The van der Waals surface area contributed by atoms with E-state index >= 15 is 0 Å². The Morgan fingerprint density at radius 1 is 1.27 bits per heavy atom. The molecule has 2 fully saturated rings. The fraction of sp³-hybridized carbons (Fsp3) is 0.364. The number of carbonyl (C=O) groups excluding carboxylic acids is 1. The maximum atomic E-state index is 13.0. The van der Waals surface area contributed by atoms with Crippen LogP contribution in [0.3, 0.4) is 0 Å². The molecule has 4 aromatic heterocycles. The van der Waals surface area contributed by atoms with Crippen molar-refractivity contribution >= 4 is 34.8 Å². The van der Waals surface area contributed by atoms with Crippen molar-refractivity contribution in [2.75, 3.05) is 22.1 Å². The summed E-state index contributed by atoms with van der Waals surface area (Å²) in [5.41, 5.74) is 2.17. The van der Waals surface area contributed by atoms with Crippen molar-refractivity contribution in [2.24, 2.45) is 0 Å². The summed E-state index contributed by atoms with van der Waals surface area (Å²) in [6.45, 7) is 2.92. The summed E-state index contributed by atoms with van der Waals surface area (Å²) in [5, 5.41) is 18.4. The lowest BCUT2D eigenvalue weighted by Gasteiger charge is -2.24. The molecule has 3 N–H and O–H groups in total. The predicted molar refractivity (Wildman–Crippen MR) is 122 cm³/mol. The quantitative estimate of drug-likeness (QED) is 0.414. The average Bonchev–Trinajstić information content (AvgIpc) is 3.28. The van der Waals surface area contributed by atoms with Crippen LogP contribution in [0.4, 0.5) is 23.4 Å². The molecule has 0 radical (unpaired) electrons. The van der Waals surface area contributed by atoms with Gasteiger partial charge in [-0.05, 0) is 37.8 Å². The Kier molecular flexibility index (Phi) is 4.49. The molecule has 4 aromatic rings. The number of aromatic amines is 1. The highest BCUT2D eigenvalue weighted by atomic mass is 16.2. The van der Waals surface area contributed by atoms with Crippen LogP contribution in [0.25, 0.3) is 5.52 Å². The SMILES string of the molecule is CC1(c2cc(Nc3nc(N4CCC[C@H]4C(=O)Nc4cnccn4)nn4cccc34)n[nH]2)CC1. The van der Waals surface area contributed by atoms with Crippen molar-refractivity contribution in [1.29, 1.82) is 0 Å². The molecule has 11 nitrogen and oxygen atoms in total. The van der Waals surface area contributed by atoms with Gasteiger partial charge in [0.25, 0.3) is 0 Å². The van der Waals surface area contributed by atoms with Gasteiger partial charge in [0.05, 0.1) is 6.20 Å². The number of nitrogens with zero attached hydrogens (tertiary/aromatic N) is 7. The van der Waals surface area contributed by atoms with Gasteiger partial charge in [-0.25, -0.2) is 9.50 Å². The normalized spacial score (nSPS) is 19.1. The molecule has 1 atom stereocenters. The van der Waals surface area contributed by atoms with E-state index in [-0.39, 0.29) is 17.4 Å². The molecule has 1 amide bonds. The fourth-order valence-electron chi connectivity index (χ4n) is 4.26. The van der Waals surface area contributed by atoms with E-state index < -0.39 is 0 Å². The van der Waals surface area contributed by atoms with E-state index in [4.69, 9.17) is 4.98 Å². The highest BCUT2D eigenvalue weighted by molar-refractivity contribution is 5.96. The Balaban J connectivity index is 1.28. The van der Waals surface area contributed by atoms with Crippen molar-refractivity contribution < 1.29 is 4.79 Å². The van der Waals surface area contributed by atoms with Gasteiger partial charge in [0.2, 0.25) is 11.9 Å². The lowest BCUT2D eigenvalue weighted by Crippen LogP contribution is -2.41. The number of nitrogens with one attached hydrogen (secondary N) is 3. The van der Waals surface area contributed by atoms with E-state index in [0.717, 1.165) is 17.6 Å². The molecule has 0 spiro atoms. The molecule has 0 unspecified atom stereocenters. The second kappa shape index (κ2) is 7.54. The van der Waals surface area contributed by atoms with Crippen LogP contribution in [0.2, 0.25) is 0 Å². The summed E-state index contributed by atoms with van der Waals surface area (Å²) < 4.78 is 1.77. The summed E-state index contributed by atoms with van der Waals surface area (Å²) in [6, 6.07) is 5.52. The zero-order chi connectivity index (χ0) is 22.4. The molecule has 0 aromatic carbocycles. The predicted octanol–water partition coefficient (Wildman–Crippen LogP) is 2.65. The smallest absolute Gasteiger partial charge is 0.248 e. The summed E-state index contributed by atoms with van der Waals surface area (Å²) >= 11 is 0. The number of amides is 1. The molecular weight excluding hydrogens is 420 g/mol. The van der Waals surface area contributed by atoms with E-state index in [1.54, 1.807) is 16.9 Å². The van der Waals surface area contributed by atoms with E-state index in [2.05, 4.69) is 42.8 Å². The maximum absolute atomic E-state index is 13.0. The molecule has 33 heavy (non-hydrogen) atoms. The second-order valence-electron chi connectivity index (χ2n) is 8.88. The zero-order valence-corrected chi connectivity index (χ0v) is 18.2. The fourth-order valence-corrected chi connectivity index (χ4v) is 4.26. The number of aromatic nitrogens is 7. The van der Waals surface area contributed by atoms with Crippen molar-refractivity contribution in [2.45, 2.75) is 44.1 Å². The molecule has 6 rings (SSSR count). The number of carbonyl (C=O) groups is 1. The number of rotatable bonds is 6. The monoisotopic (exact) mass is 444 g/mol. The third kappa shape index (κ3) is 3.65. The largest absolute Gasteiger partial charge is 0.327 e. The third-order valence-corrected chi connectivity index (χ3v) is 6.48. The van der Waals surface area contributed by atoms with Gasteiger partial charge in [0, 0.05) is 42.3 Å². The Morgan fingerprint density at radius 2 is 2.18 bits per heavy atom. The van der Waals surface area contributed by atoms with Crippen LogP contribution in [0.5, 0.6) is 0 Å². The lowest BCUT2D eigenvalue weighted by atomic mass is 10.1. The highest BCUT2D eigenvalue weighted by Crippen LogP contribution is 2.47. The summed E-state index contributed by atoms with van der Waals surface area (Å²) in [4.78, 5) is 27.9. The van der Waals surface area contributed by atoms with Gasteiger partial charge >= 0.3 is 0 Å². The van der Waals surface area contributed by atoms with Gasteiger partial charge in [-0.1, -0.05) is 6.92 Å². The highest BCUT2D eigenvalue weighted by Gasteiger charge is 2.40. The standard InChI is InChI=1S/C22H24N10O/c1-22(6-7-22)16-12-17(29-28-16)25-19-14-4-3-11-32(14)30-21(27-19)31-10-2-5-15(31)20(33)26-18-13-23-8-9-24-18/h3-4,8-9,11-13,15H,2,5-7,10H2,1H3,(H,24,26,33)(H2,25,27,28,29,30)/t15-/m0/s1. The van der Waals surface area contributed by atoms with Crippen molar-refractivity contribution in [1.82, 2.24) is 34.8 Å². The third-order valence-electron chi connectivity index (χ3n) is 6.48. The van der Waals surface area contributed by atoms with Crippen LogP contribution >= 0.6 is 0 Å². The van der Waals surface area contributed by atoms with E-state index in [1.807, 2.05) is 29.3 Å². The van der Waals surface area contributed by atoms with Crippen molar-refractivity contribution in [3.05, 3.63) is 48.7 Å². The zero-order valence-electron chi connectivity index (χ0n) is 18.2. The van der Waals surface area contributed by atoms with Gasteiger partial charge in [0.15, 0.2) is 17.5 Å². The summed E-state index contributed by atoms with van der Waals surface area (Å²) in [5.74, 6) is 2.13. The second-order valence-corrected chi connectivity index (χ2v) is 8.88. The maximum Gasteiger partial charge on any atom is 0.248 e. The van der Waals surface area contributed by atoms with Crippen LogP contribution < -0.4 is 15.5 Å². The number of hydrogen-bond donors (Lipinski definition) is 3. The van der Waals surface area contributed by atoms with E-state index in [9.17, 15) is 4.79 Å². The van der Waals surface area contributed by atoms with Gasteiger partial charge in [-0.2, -0.15) is 10.1 Å². The first-order chi connectivity index (χ1) is 16.1. The molecule has 168 valence electrons. The van der Waals surface area contributed by atoms with E-state index in [1.165, 1.54) is 19.0 Å². The summed E-state index contributed by atoms with van der Waals surface area (Å²) in [7, 11) is 0. The van der Waals surface area contributed by atoms with Crippen molar-refractivity contribution in [3.63, 3.8) is 0 Å². The number of H-pyrrole nitrogens is 1. The minimum absolute atomic E-state index is 0.145. The summed E-state index contributed by atoms with van der Waals surface area (Å²) in [6.07, 6.45) is 10.4. The van der Waals surface area contributed by atoms with Crippen LogP contribution in [-0.2, 0) is 10.2 Å². The first-order valence-corrected chi connectivity index (χ1v) is 11.1. The topological polar surface area (TPSA) is 129 Å². The molecule has 2 aliphatic rings. The van der Waals surface area contributed by atoms with Crippen LogP contribution in [-0.4, -0.2) is 53.3 Å². The first-order valence-electron chi connectivity index (χ1n) is 11.1. The molecule has 1 saturated heterocycles. The number of hydrogen-bond acceptors (Lipinski definition) is 8. The molecule has 5 heterocycles. The minimum atomic E-state index is -0.389. The van der Waals surface area contributed by atoms with Gasteiger partial charge in [-0.3, -0.25) is 14.9 Å². The van der Waals surface area contributed by atoms with Crippen LogP contribution in [0.1, 0.15) is 38.3 Å². The number of fused-ring (bicyclic) bond motifs is 1. The Morgan fingerprint density at radius 3 is 3.00 bits per heavy atom. The lowest BCUT2D eigenvalue weighted by molar-refractivity contribution is -0.117. The molecule has 11 heteroatoms. The average molecular weight is 445 g/mol.